The second kappa shape index (κ2) is 3.35. The molecule has 0 atom stereocenters. The summed E-state index contributed by atoms with van der Waals surface area (Å²) in [6.07, 6.45) is 1.33. The fourth-order valence-corrected chi connectivity index (χ4v) is 0.381. The van der Waals surface area contributed by atoms with Gasteiger partial charge in [-0.3, -0.25) is 0 Å². The molecule has 0 aromatic carbocycles. The fraction of sp³-hybridized carbons (Fsp3) is 0.667. The monoisotopic (exact) mass is 130 g/mol. The first-order valence-corrected chi connectivity index (χ1v) is 2.78. The summed E-state index contributed by atoms with van der Waals surface area (Å²) in [4.78, 5) is 20.3. The summed E-state index contributed by atoms with van der Waals surface area (Å²) in [5.74, 6) is 0. The van der Waals surface area contributed by atoms with Crippen LogP contribution in [-0.4, -0.2) is 24.3 Å². The van der Waals surface area contributed by atoms with Crippen LogP contribution in [0.1, 0.15) is 13.3 Å². The van der Waals surface area contributed by atoms with Crippen molar-refractivity contribution in [3.63, 3.8) is 0 Å². The summed E-state index contributed by atoms with van der Waals surface area (Å²) in [6, 6.07) is 0. The van der Waals surface area contributed by atoms with Crippen molar-refractivity contribution in [2.45, 2.75) is 13.3 Å². The topological polar surface area (TPSA) is 54.4 Å². The van der Waals surface area contributed by atoms with Crippen molar-refractivity contribution >= 4 is 12.6 Å². The molecular weight excluding hydrogens is 120 g/mol. The minimum absolute atomic E-state index is 0.358. The van der Waals surface area contributed by atoms with E-state index in [0.717, 1.165) is 0 Å². The summed E-state index contributed by atoms with van der Waals surface area (Å²) in [7, 11) is 0. The van der Waals surface area contributed by atoms with E-state index in [0.29, 0.717) is 19.0 Å². The van der Waals surface area contributed by atoms with Crippen LogP contribution in [-0.2, 0) is 9.59 Å². The molecule has 0 heterocycles. The van der Waals surface area contributed by atoms with Gasteiger partial charge >= 0.3 is 0 Å². The van der Waals surface area contributed by atoms with Gasteiger partial charge in [-0.05, 0) is 6.42 Å². The second-order valence-corrected chi connectivity index (χ2v) is 1.98. The summed E-state index contributed by atoms with van der Waals surface area (Å²) < 4.78 is 0. The maximum Gasteiger partial charge on any atom is 0.135 e. The van der Waals surface area contributed by atoms with Crippen LogP contribution >= 0.6 is 0 Å². The van der Waals surface area contributed by atoms with E-state index in [1.54, 1.807) is 6.92 Å². The predicted octanol–water partition coefficient (Wildman–Crippen LogP) is -0.227. The van der Waals surface area contributed by atoms with E-state index in [9.17, 15) is 9.59 Å². The van der Waals surface area contributed by atoms with E-state index >= 15 is 0 Å². The molecule has 0 saturated carbocycles. The molecule has 0 spiro atoms. The van der Waals surface area contributed by atoms with Crippen molar-refractivity contribution in [1.82, 2.24) is 0 Å². The average Bonchev–Trinajstić information content (AvgIpc) is 1.95. The lowest BCUT2D eigenvalue weighted by atomic mass is 9.90. The molecule has 0 aromatic rings. The predicted molar refractivity (Wildman–Crippen MR) is 31.9 cm³/mol. The van der Waals surface area contributed by atoms with Crippen molar-refractivity contribution in [3.8, 4) is 0 Å². The first kappa shape index (κ1) is 8.30. The third kappa shape index (κ3) is 1.61. The number of carbonyl (C=O) groups is 2. The van der Waals surface area contributed by atoms with Gasteiger partial charge in [0.1, 0.15) is 18.0 Å². The van der Waals surface area contributed by atoms with Crippen molar-refractivity contribution in [3.05, 3.63) is 0 Å². The molecule has 52 valence electrons. The minimum atomic E-state index is -1.14. The van der Waals surface area contributed by atoms with Gasteiger partial charge in [0.25, 0.3) is 0 Å². The normalized spacial score (nSPS) is 10.9. The summed E-state index contributed by atoms with van der Waals surface area (Å²) in [5, 5.41) is 8.51. The van der Waals surface area contributed by atoms with Gasteiger partial charge in [0.05, 0.1) is 6.61 Å². The van der Waals surface area contributed by atoms with Gasteiger partial charge in [0.2, 0.25) is 0 Å². The summed E-state index contributed by atoms with van der Waals surface area (Å²) in [6.45, 7) is 1.29. The number of aliphatic hydroxyl groups is 1. The number of aliphatic hydroxyl groups excluding tert-OH is 1. The fourth-order valence-electron chi connectivity index (χ4n) is 0.381. The molecule has 0 rings (SSSR count). The second-order valence-electron chi connectivity index (χ2n) is 1.98. The molecule has 0 aliphatic rings. The molecule has 0 aliphatic carbocycles. The Hall–Kier alpha value is -0.700. The van der Waals surface area contributed by atoms with Gasteiger partial charge in [-0.15, -0.1) is 0 Å². The number of rotatable bonds is 4. The average molecular weight is 130 g/mol. The first-order valence-electron chi connectivity index (χ1n) is 2.78. The molecule has 0 aliphatic heterocycles. The van der Waals surface area contributed by atoms with Gasteiger partial charge < -0.3 is 14.7 Å². The Bertz CT molecular complexity index is 94.9. The zero-order valence-electron chi connectivity index (χ0n) is 5.33. The largest absolute Gasteiger partial charge is 0.395 e. The Morgan fingerprint density at radius 1 is 1.44 bits per heavy atom. The zero-order valence-corrected chi connectivity index (χ0v) is 5.33. The SMILES string of the molecule is CCC(C=O)(C=O)CO. The third-order valence-corrected chi connectivity index (χ3v) is 1.42. The van der Waals surface area contributed by atoms with Crippen molar-refractivity contribution in [2.24, 2.45) is 5.41 Å². The quantitative estimate of drug-likeness (QED) is 0.422. The van der Waals surface area contributed by atoms with Crippen molar-refractivity contribution in [2.75, 3.05) is 6.61 Å². The number of hydrogen-bond acceptors (Lipinski definition) is 3. The summed E-state index contributed by atoms with van der Waals surface area (Å²) in [5.41, 5.74) is -1.14. The van der Waals surface area contributed by atoms with E-state index in [1.807, 2.05) is 0 Å². The lowest BCUT2D eigenvalue weighted by Gasteiger charge is -2.13. The summed E-state index contributed by atoms with van der Waals surface area (Å²) >= 11 is 0. The number of carbonyl (C=O) groups excluding carboxylic acids is 2. The molecule has 0 amide bonds. The Morgan fingerprint density at radius 2 is 1.89 bits per heavy atom. The highest BCUT2D eigenvalue weighted by atomic mass is 16.3. The van der Waals surface area contributed by atoms with Gasteiger partial charge in [-0.2, -0.15) is 0 Å². The molecule has 9 heavy (non-hydrogen) atoms. The van der Waals surface area contributed by atoms with E-state index in [4.69, 9.17) is 5.11 Å². The van der Waals surface area contributed by atoms with Crippen LogP contribution in [0.3, 0.4) is 0 Å². The van der Waals surface area contributed by atoms with Crippen LogP contribution in [0, 0.1) is 5.41 Å². The number of hydrogen-bond donors (Lipinski definition) is 1. The van der Waals surface area contributed by atoms with Crippen LogP contribution in [0.2, 0.25) is 0 Å². The molecule has 0 fully saturated rings. The van der Waals surface area contributed by atoms with Crippen LogP contribution in [0.25, 0.3) is 0 Å². The lowest BCUT2D eigenvalue weighted by molar-refractivity contribution is -0.128. The van der Waals surface area contributed by atoms with E-state index < -0.39 is 12.0 Å². The molecule has 3 nitrogen and oxygen atoms in total. The first-order chi connectivity index (χ1) is 4.24. The maximum absolute atomic E-state index is 10.1. The van der Waals surface area contributed by atoms with Crippen LogP contribution in [0.4, 0.5) is 0 Å². The molecule has 0 radical (unpaired) electrons. The van der Waals surface area contributed by atoms with Crippen LogP contribution in [0.5, 0.6) is 0 Å². The third-order valence-electron chi connectivity index (χ3n) is 1.42. The van der Waals surface area contributed by atoms with E-state index in [-0.39, 0.29) is 0 Å². The van der Waals surface area contributed by atoms with Crippen molar-refractivity contribution < 1.29 is 14.7 Å². The highest BCUT2D eigenvalue weighted by Crippen LogP contribution is 2.12. The van der Waals surface area contributed by atoms with Crippen LogP contribution < -0.4 is 0 Å². The molecule has 0 aromatic heterocycles. The molecular formula is C6H10O3. The highest BCUT2D eigenvalue weighted by Gasteiger charge is 2.25. The maximum atomic E-state index is 10.1. The standard InChI is InChI=1S/C6H10O3/c1-2-6(3-7,4-8)5-9/h3-4,9H,2,5H2,1H3. The van der Waals surface area contributed by atoms with E-state index in [1.165, 1.54) is 0 Å². The van der Waals surface area contributed by atoms with E-state index in [2.05, 4.69) is 0 Å². The van der Waals surface area contributed by atoms with Gasteiger partial charge in [-0.25, -0.2) is 0 Å². The van der Waals surface area contributed by atoms with Crippen molar-refractivity contribution in [1.29, 1.82) is 0 Å². The number of aldehydes is 2. The minimum Gasteiger partial charge on any atom is -0.395 e. The molecule has 0 bridgehead atoms. The van der Waals surface area contributed by atoms with Gasteiger partial charge in [-0.1, -0.05) is 6.92 Å². The molecule has 0 saturated heterocycles. The van der Waals surface area contributed by atoms with Crippen LogP contribution in [0.15, 0.2) is 0 Å². The molecule has 3 heteroatoms. The Balaban J connectivity index is 4.15. The Morgan fingerprint density at radius 3 is 1.89 bits per heavy atom. The van der Waals surface area contributed by atoms with Gasteiger partial charge in [0.15, 0.2) is 0 Å². The Kier molecular flexibility index (Phi) is 3.09. The zero-order chi connectivity index (χ0) is 7.33. The Labute approximate surface area is 53.7 Å². The lowest BCUT2D eigenvalue weighted by Crippen LogP contribution is -2.27. The molecule has 0 unspecified atom stereocenters. The molecule has 1 N–H and O–H groups in total. The smallest absolute Gasteiger partial charge is 0.135 e. The van der Waals surface area contributed by atoms with Gasteiger partial charge in [0, 0.05) is 0 Å². The highest BCUT2D eigenvalue weighted by molar-refractivity contribution is 5.83.